The second kappa shape index (κ2) is 6.20. The average Bonchev–Trinajstić information content (AvgIpc) is 2.91. The second-order valence-corrected chi connectivity index (χ2v) is 6.32. The Labute approximate surface area is 130 Å². The molecule has 21 heavy (non-hydrogen) atoms. The number of aromatic nitrogens is 1. The number of rotatable bonds is 4. The third kappa shape index (κ3) is 2.99. The van der Waals surface area contributed by atoms with Crippen LogP contribution in [0.25, 0.3) is 10.9 Å². The highest BCUT2D eigenvalue weighted by Crippen LogP contribution is 2.31. The lowest BCUT2D eigenvalue weighted by molar-refractivity contribution is 0.254. The van der Waals surface area contributed by atoms with Crippen molar-refractivity contribution in [3.8, 4) is 0 Å². The van der Waals surface area contributed by atoms with Crippen LogP contribution in [0, 0.1) is 12.8 Å². The molecule has 0 aliphatic heterocycles. The number of hydrogen-bond acceptors (Lipinski definition) is 3. The molecular weight excluding hydrogens is 284 g/mol. The van der Waals surface area contributed by atoms with Crippen LogP contribution in [-0.2, 0) is 0 Å². The molecular formula is C17H21ClN2O. The van der Waals surface area contributed by atoms with Crippen molar-refractivity contribution >= 4 is 28.3 Å². The van der Waals surface area contributed by atoms with E-state index >= 15 is 0 Å². The lowest BCUT2D eigenvalue weighted by atomic mass is 10.00. The Hall–Kier alpha value is -1.32. The molecule has 3 rings (SSSR count). The van der Waals surface area contributed by atoms with Crippen molar-refractivity contribution in [2.75, 3.05) is 11.9 Å². The fourth-order valence-corrected chi connectivity index (χ4v) is 3.54. The Morgan fingerprint density at radius 1 is 1.29 bits per heavy atom. The van der Waals surface area contributed by atoms with Gasteiger partial charge in [-0.3, -0.25) is 0 Å². The molecule has 2 N–H and O–H groups in total. The van der Waals surface area contributed by atoms with Crippen molar-refractivity contribution in [2.24, 2.45) is 5.92 Å². The van der Waals surface area contributed by atoms with E-state index in [-0.39, 0.29) is 6.61 Å². The molecule has 2 atom stereocenters. The molecule has 1 saturated carbocycles. The molecule has 0 spiro atoms. The summed E-state index contributed by atoms with van der Waals surface area (Å²) < 4.78 is 0. The lowest BCUT2D eigenvalue weighted by Gasteiger charge is -2.21. The molecule has 0 bridgehead atoms. The molecule has 2 aromatic rings. The van der Waals surface area contributed by atoms with Crippen molar-refractivity contribution in [3.05, 3.63) is 34.9 Å². The maximum absolute atomic E-state index is 9.16. The summed E-state index contributed by atoms with van der Waals surface area (Å²) in [6.45, 7) is 2.32. The summed E-state index contributed by atoms with van der Waals surface area (Å²) >= 11 is 6.23. The molecule has 2 unspecified atom stereocenters. The zero-order valence-electron chi connectivity index (χ0n) is 12.3. The third-order valence-corrected chi connectivity index (χ3v) is 4.83. The molecule has 3 nitrogen and oxygen atoms in total. The second-order valence-electron chi connectivity index (χ2n) is 5.91. The first-order chi connectivity index (χ1) is 10.2. The van der Waals surface area contributed by atoms with Gasteiger partial charge in [0, 0.05) is 23.1 Å². The van der Waals surface area contributed by atoms with E-state index in [4.69, 9.17) is 21.7 Å². The van der Waals surface area contributed by atoms with E-state index in [2.05, 4.69) is 12.2 Å². The van der Waals surface area contributed by atoms with E-state index in [0.29, 0.717) is 12.0 Å². The van der Waals surface area contributed by atoms with Crippen LogP contribution in [0.5, 0.6) is 0 Å². The van der Waals surface area contributed by atoms with E-state index in [1.54, 1.807) is 0 Å². The standard InChI is InChI=1S/C17H21ClN2O/c1-11-5-7-14(18)13-6-8-16(20-17(11)13)19-15-4-2-3-12(15)9-10-21/h5-8,12,15,21H,2-4,9-10H2,1H3,(H,19,20). The maximum atomic E-state index is 9.16. The Morgan fingerprint density at radius 2 is 2.14 bits per heavy atom. The normalized spacial score (nSPS) is 21.9. The van der Waals surface area contributed by atoms with Crippen LogP contribution in [0.1, 0.15) is 31.2 Å². The molecule has 1 aliphatic carbocycles. The first-order valence-corrected chi connectivity index (χ1v) is 8.00. The number of anilines is 1. The van der Waals surface area contributed by atoms with Crippen LogP contribution in [-0.4, -0.2) is 22.7 Å². The van der Waals surface area contributed by atoms with Crippen molar-refractivity contribution < 1.29 is 5.11 Å². The molecule has 112 valence electrons. The van der Waals surface area contributed by atoms with Crippen molar-refractivity contribution in [2.45, 2.75) is 38.6 Å². The Kier molecular flexibility index (Phi) is 4.32. The summed E-state index contributed by atoms with van der Waals surface area (Å²) in [6.07, 6.45) is 4.44. The Bertz CT molecular complexity index is 644. The highest BCUT2D eigenvalue weighted by Gasteiger charge is 2.26. The number of fused-ring (bicyclic) bond motifs is 1. The number of nitrogens with zero attached hydrogens (tertiary/aromatic N) is 1. The van der Waals surface area contributed by atoms with Crippen molar-refractivity contribution in [1.82, 2.24) is 4.98 Å². The first-order valence-electron chi connectivity index (χ1n) is 7.62. The number of nitrogens with one attached hydrogen (secondary N) is 1. The number of aliphatic hydroxyl groups excluding tert-OH is 1. The highest BCUT2D eigenvalue weighted by molar-refractivity contribution is 6.35. The summed E-state index contributed by atoms with van der Waals surface area (Å²) in [5.41, 5.74) is 2.10. The summed E-state index contributed by atoms with van der Waals surface area (Å²) in [5.74, 6) is 1.45. The fourth-order valence-electron chi connectivity index (χ4n) is 3.33. The van der Waals surface area contributed by atoms with Gasteiger partial charge in [0.2, 0.25) is 0 Å². The Morgan fingerprint density at radius 3 is 2.95 bits per heavy atom. The Balaban J connectivity index is 1.86. The number of benzene rings is 1. The van der Waals surface area contributed by atoms with Gasteiger partial charge in [-0.15, -0.1) is 0 Å². The SMILES string of the molecule is Cc1ccc(Cl)c2ccc(NC3CCCC3CCO)nc12. The van der Waals surface area contributed by atoms with Crippen molar-refractivity contribution in [3.63, 3.8) is 0 Å². The third-order valence-electron chi connectivity index (χ3n) is 4.50. The van der Waals surface area contributed by atoms with Gasteiger partial charge in [0.25, 0.3) is 0 Å². The largest absolute Gasteiger partial charge is 0.396 e. The van der Waals surface area contributed by atoms with Crippen LogP contribution in [0.2, 0.25) is 5.02 Å². The van der Waals surface area contributed by atoms with Gasteiger partial charge in [-0.2, -0.15) is 0 Å². The minimum absolute atomic E-state index is 0.267. The molecule has 1 aliphatic rings. The molecule has 1 aromatic carbocycles. The molecule has 0 saturated heterocycles. The summed E-state index contributed by atoms with van der Waals surface area (Å²) in [7, 11) is 0. The minimum atomic E-state index is 0.267. The van der Waals surface area contributed by atoms with Crippen molar-refractivity contribution in [1.29, 1.82) is 0 Å². The monoisotopic (exact) mass is 304 g/mol. The number of aryl methyl sites for hydroxylation is 1. The zero-order valence-corrected chi connectivity index (χ0v) is 13.0. The fraction of sp³-hybridized carbons (Fsp3) is 0.471. The van der Waals surface area contributed by atoms with Crippen LogP contribution in [0.4, 0.5) is 5.82 Å². The molecule has 1 fully saturated rings. The average molecular weight is 305 g/mol. The predicted molar refractivity (Wildman–Crippen MR) is 87.9 cm³/mol. The van der Waals surface area contributed by atoms with Gasteiger partial charge in [0.05, 0.1) is 5.52 Å². The number of pyridine rings is 1. The van der Waals surface area contributed by atoms with Gasteiger partial charge < -0.3 is 10.4 Å². The molecule has 1 heterocycles. The maximum Gasteiger partial charge on any atom is 0.126 e. The van der Waals surface area contributed by atoms with Crippen LogP contribution < -0.4 is 5.32 Å². The topological polar surface area (TPSA) is 45.1 Å². The summed E-state index contributed by atoms with van der Waals surface area (Å²) in [4.78, 5) is 4.74. The molecule has 1 aromatic heterocycles. The smallest absolute Gasteiger partial charge is 0.126 e. The number of hydrogen-bond donors (Lipinski definition) is 2. The number of aliphatic hydroxyl groups is 1. The quantitative estimate of drug-likeness (QED) is 0.891. The van der Waals surface area contributed by atoms with Gasteiger partial charge in [-0.1, -0.05) is 24.1 Å². The molecule has 4 heteroatoms. The van der Waals surface area contributed by atoms with Gasteiger partial charge in [0.15, 0.2) is 0 Å². The summed E-state index contributed by atoms with van der Waals surface area (Å²) in [5, 5.41) is 14.5. The minimum Gasteiger partial charge on any atom is -0.396 e. The van der Waals surface area contributed by atoms with E-state index in [0.717, 1.165) is 40.1 Å². The lowest BCUT2D eigenvalue weighted by Crippen LogP contribution is -2.25. The summed E-state index contributed by atoms with van der Waals surface area (Å²) in [6, 6.07) is 8.38. The van der Waals surface area contributed by atoms with E-state index in [9.17, 15) is 0 Å². The van der Waals surface area contributed by atoms with Crippen LogP contribution in [0.15, 0.2) is 24.3 Å². The van der Waals surface area contributed by atoms with Crippen LogP contribution in [0.3, 0.4) is 0 Å². The molecule has 0 amide bonds. The van der Waals surface area contributed by atoms with Gasteiger partial charge in [-0.05, 0) is 55.9 Å². The first kappa shape index (κ1) is 14.6. The molecule has 0 radical (unpaired) electrons. The van der Waals surface area contributed by atoms with E-state index in [1.165, 1.54) is 12.8 Å². The predicted octanol–water partition coefficient (Wildman–Crippen LogP) is 4.16. The van der Waals surface area contributed by atoms with Gasteiger partial charge in [0.1, 0.15) is 5.82 Å². The highest BCUT2D eigenvalue weighted by atomic mass is 35.5. The van der Waals surface area contributed by atoms with E-state index < -0.39 is 0 Å². The van der Waals surface area contributed by atoms with E-state index in [1.807, 2.05) is 24.3 Å². The van der Waals surface area contributed by atoms with Gasteiger partial charge >= 0.3 is 0 Å². The zero-order chi connectivity index (χ0) is 14.8. The van der Waals surface area contributed by atoms with Gasteiger partial charge in [-0.25, -0.2) is 4.98 Å². The number of halogens is 1. The van der Waals surface area contributed by atoms with Crippen LogP contribution >= 0.6 is 11.6 Å².